The third kappa shape index (κ3) is 12.6. The van der Waals surface area contributed by atoms with Crippen LogP contribution in [-0.4, -0.2) is 69.6 Å². The van der Waals surface area contributed by atoms with E-state index in [1.54, 1.807) is 36.4 Å². The van der Waals surface area contributed by atoms with Crippen molar-refractivity contribution in [1.82, 2.24) is 26.6 Å². The molecule has 0 spiro atoms. The Hall–Kier alpha value is -6.75. The van der Waals surface area contributed by atoms with Gasteiger partial charge in [-0.2, -0.15) is 0 Å². The van der Waals surface area contributed by atoms with Crippen LogP contribution >= 0.6 is 0 Å². The summed E-state index contributed by atoms with van der Waals surface area (Å²) in [5, 5.41) is 14.6. The van der Waals surface area contributed by atoms with Crippen molar-refractivity contribution in [3.8, 4) is 0 Å². The topological polar surface area (TPSA) is 155 Å². The van der Waals surface area contributed by atoms with E-state index in [0.29, 0.717) is 80.7 Å². The molecule has 0 saturated heterocycles. The summed E-state index contributed by atoms with van der Waals surface area (Å²) in [5.74, 6) is -0.855. The lowest BCUT2D eigenvalue weighted by molar-refractivity contribution is 0.0942. The second-order valence-corrected chi connectivity index (χ2v) is 13.3. The molecule has 5 rings (SSSR count). The molecule has 294 valence electrons. The van der Waals surface area contributed by atoms with E-state index in [4.69, 9.17) is 0 Å². The normalized spacial score (nSPS) is 10.5. The predicted molar refractivity (Wildman–Crippen MR) is 220 cm³/mol. The SMILES string of the molecule is COC(=O)NCCc1ccccc1C(=O)NCCc1ccccc1C(=O)NCCc1ccccc1C(=O)NCCc1ccccc1C(=O)NCCc1ccccc1. The maximum atomic E-state index is 13.3. The molecule has 57 heavy (non-hydrogen) atoms. The van der Waals surface area contributed by atoms with Gasteiger partial charge in [0.05, 0.1) is 7.11 Å². The molecule has 0 aliphatic heterocycles. The highest BCUT2D eigenvalue weighted by Gasteiger charge is 2.16. The molecule has 5 amide bonds. The molecule has 0 aromatic heterocycles. The summed E-state index contributed by atoms with van der Waals surface area (Å²) in [6.07, 6.45) is 2.03. The molecule has 0 bridgehead atoms. The Morgan fingerprint density at radius 3 is 0.982 bits per heavy atom. The Bertz CT molecular complexity index is 2140. The van der Waals surface area contributed by atoms with Gasteiger partial charge in [-0.05, 0) is 84.2 Å². The van der Waals surface area contributed by atoms with Crippen molar-refractivity contribution in [2.75, 3.05) is 39.8 Å². The first-order valence-electron chi connectivity index (χ1n) is 19.1. The van der Waals surface area contributed by atoms with E-state index in [1.807, 2.05) is 91.0 Å². The van der Waals surface area contributed by atoms with Crippen LogP contribution in [0.4, 0.5) is 4.79 Å². The molecule has 0 saturated carbocycles. The van der Waals surface area contributed by atoms with E-state index in [0.717, 1.165) is 34.2 Å². The number of benzene rings is 5. The zero-order valence-corrected chi connectivity index (χ0v) is 32.1. The number of carbonyl (C=O) groups excluding carboxylic acids is 5. The van der Waals surface area contributed by atoms with Crippen molar-refractivity contribution in [2.45, 2.75) is 32.1 Å². The van der Waals surface area contributed by atoms with Crippen LogP contribution in [0.1, 0.15) is 69.2 Å². The number of carbonyl (C=O) groups is 5. The molecular formula is C46H49N5O6. The van der Waals surface area contributed by atoms with E-state index in [2.05, 4.69) is 31.3 Å². The fraction of sp³-hybridized carbons (Fsp3) is 0.239. The van der Waals surface area contributed by atoms with Crippen LogP contribution in [0.25, 0.3) is 0 Å². The molecule has 0 aliphatic carbocycles. The molecular weight excluding hydrogens is 719 g/mol. The Morgan fingerprint density at radius 2 is 0.649 bits per heavy atom. The highest BCUT2D eigenvalue weighted by Crippen LogP contribution is 2.14. The Kier molecular flexibility index (Phi) is 16.0. The molecule has 0 heterocycles. The molecule has 5 N–H and O–H groups in total. The lowest BCUT2D eigenvalue weighted by atomic mass is 10.0. The summed E-state index contributed by atoms with van der Waals surface area (Å²) in [6.45, 7) is 1.81. The number of alkyl carbamates (subject to hydrolysis) is 1. The number of rotatable bonds is 19. The van der Waals surface area contributed by atoms with E-state index in [9.17, 15) is 24.0 Å². The van der Waals surface area contributed by atoms with E-state index >= 15 is 0 Å². The van der Waals surface area contributed by atoms with Crippen molar-refractivity contribution in [1.29, 1.82) is 0 Å². The monoisotopic (exact) mass is 767 g/mol. The second kappa shape index (κ2) is 22.0. The fourth-order valence-electron chi connectivity index (χ4n) is 6.49. The van der Waals surface area contributed by atoms with Crippen molar-refractivity contribution >= 4 is 29.7 Å². The summed E-state index contributed by atoms with van der Waals surface area (Å²) in [7, 11) is 1.30. The van der Waals surface area contributed by atoms with Gasteiger partial charge < -0.3 is 31.3 Å². The maximum Gasteiger partial charge on any atom is 0.406 e. The number of amides is 5. The van der Waals surface area contributed by atoms with Gasteiger partial charge in [-0.3, -0.25) is 19.2 Å². The van der Waals surface area contributed by atoms with Gasteiger partial charge >= 0.3 is 6.09 Å². The van der Waals surface area contributed by atoms with Crippen LogP contribution < -0.4 is 26.6 Å². The first kappa shape index (κ1) is 41.4. The molecule has 5 aromatic carbocycles. The predicted octanol–water partition coefficient (Wildman–Crippen LogP) is 5.48. The lowest BCUT2D eigenvalue weighted by Gasteiger charge is -2.14. The Labute approximate surface area is 333 Å². The Balaban J connectivity index is 1.08. The van der Waals surface area contributed by atoms with Crippen LogP contribution in [0.3, 0.4) is 0 Å². The average Bonchev–Trinajstić information content (AvgIpc) is 3.24. The summed E-state index contributed by atoms with van der Waals surface area (Å²) >= 11 is 0. The second-order valence-electron chi connectivity index (χ2n) is 13.3. The van der Waals surface area contributed by atoms with Crippen LogP contribution in [-0.2, 0) is 36.8 Å². The first-order chi connectivity index (χ1) is 27.8. The van der Waals surface area contributed by atoms with Gasteiger partial charge in [-0.1, -0.05) is 103 Å². The van der Waals surface area contributed by atoms with Crippen LogP contribution in [0.5, 0.6) is 0 Å². The van der Waals surface area contributed by atoms with Crippen molar-refractivity contribution in [3.63, 3.8) is 0 Å². The van der Waals surface area contributed by atoms with Crippen LogP contribution in [0.2, 0.25) is 0 Å². The highest BCUT2D eigenvalue weighted by molar-refractivity contribution is 5.98. The number of hydrogen-bond acceptors (Lipinski definition) is 6. The molecule has 5 aromatic rings. The number of methoxy groups -OCH3 is 1. The number of ether oxygens (including phenoxy) is 1. The third-order valence-electron chi connectivity index (χ3n) is 9.48. The smallest absolute Gasteiger partial charge is 0.406 e. The van der Waals surface area contributed by atoms with Crippen molar-refractivity contribution < 1.29 is 28.7 Å². The van der Waals surface area contributed by atoms with Gasteiger partial charge in [0, 0.05) is 55.0 Å². The van der Waals surface area contributed by atoms with Gasteiger partial charge in [0.2, 0.25) is 0 Å². The molecule has 0 fully saturated rings. The standard InChI is InChI=1S/C46H49N5O6/c1-57-46(56)51-32-27-37-18-8-12-22-41(37)45(55)50-31-26-36-17-7-11-21-40(36)44(54)49-30-25-35-16-6-10-20-39(35)43(53)48-29-24-34-15-5-9-19-38(34)42(52)47-28-23-33-13-3-2-4-14-33/h2-22H,23-32H2,1H3,(H,47,52)(H,48,53)(H,49,54)(H,50,55)(H,51,56). The van der Waals surface area contributed by atoms with Gasteiger partial charge in [0.25, 0.3) is 23.6 Å². The number of hydrogen-bond donors (Lipinski definition) is 5. The Morgan fingerprint density at radius 1 is 0.368 bits per heavy atom. The molecule has 0 atom stereocenters. The minimum absolute atomic E-state index is 0.143. The summed E-state index contributed by atoms with van der Waals surface area (Å²) < 4.78 is 4.61. The first-order valence-corrected chi connectivity index (χ1v) is 19.1. The van der Waals surface area contributed by atoms with Gasteiger partial charge in [0.1, 0.15) is 0 Å². The molecule has 0 unspecified atom stereocenters. The highest BCUT2D eigenvalue weighted by atomic mass is 16.5. The third-order valence-corrected chi connectivity index (χ3v) is 9.48. The van der Waals surface area contributed by atoms with E-state index in [1.165, 1.54) is 7.11 Å². The quantitative estimate of drug-likeness (QED) is 0.0751. The fourth-order valence-corrected chi connectivity index (χ4v) is 6.49. The molecule has 0 radical (unpaired) electrons. The van der Waals surface area contributed by atoms with E-state index in [-0.39, 0.29) is 23.6 Å². The number of nitrogens with one attached hydrogen (secondary N) is 5. The molecule has 11 heteroatoms. The summed E-state index contributed by atoms with van der Waals surface area (Å²) in [4.78, 5) is 64.1. The zero-order chi connectivity index (χ0) is 40.2. The van der Waals surface area contributed by atoms with Gasteiger partial charge in [-0.15, -0.1) is 0 Å². The van der Waals surface area contributed by atoms with Crippen molar-refractivity contribution in [3.05, 3.63) is 177 Å². The summed E-state index contributed by atoms with van der Waals surface area (Å²) in [5.41, 5.74) is 6.52. The van der Waals surface area contributed by atoms with Crippen molar-refractivity contribution in [2.24, 2.45) is 0 Å². The molecule has 11 nitrogen and oxygen atoms in total. The van der Waals surface area contributed by atoms with Gasteiger partial charge in [0.15, 0.2) is 0 Å². The molecule has 0 aliphatic rings. The van der Waals surface area contributed by atoms with Crippen LogP contribution in [0, 0.1) is 0 Å². The lowest BCUT2D eigenvalue weighted by Crippen LogP contribution is -2.30. The minimum Gasteiger partial charge on any atom is -0.453 e. The van der Waals surface area contributed by atoms with Gasteiger partial charge in [-0.25, -0.2) is 4.79 Å². The maximum absolute atomic E-state index is 13.3. The van der Waals surface area contributed by atoms with E-state index < -0.39 is 6.09 Å². The summed E-state index contributed by atoms with van der Waals surface area (Å²) in [6, 6.07) is 39.2. The largest absolute Gasteiger partial charge is 0.453 e. The zero-order valence-electron chi connectivity index (χ0n) is 32.1. The average molecular weight is 768 g/mol. The minimum atomic E-state index is -0.531. The van der Waals surface area contributed by atoms with Crippen LogP contribution in [0.15, 0.2) is 127 Å².